The first-order chi connectivity index (χ1) is 8.38. The number of unbranched alkanes of at least 4 members (excludes halogenated alkanes) is 1. The molecular weight excluding hydrogens is 262 g/mol. The fraction of sp³-hybridized carbons (Fsp3) is 0.357. The number of benzene rings is 1. The Morgan fingerprint density at radius 2 is 1.78 bits per heavy atom. The van der Waals surface area contributed by atoms with Gasteiger partial charge in [-0.2, -0.15) is 6.42 Å². The van der Waals surface area contributed by atoms with Crippen molar-refractivity contribution < 1.29 is 31.9 Å². The van der Waals surface area contributed by atoms with Gasteiger partial charge in [0.2, 0.25) is 0 Å². The van der Waals surface area contributed by atoms with Gasteiger partial charge >= 0.3 is 0 Å². The molecule has 0 aliphatic heterocycles. The molecule has 0 unspecified atom stereocenters. The van der Waals surface area contributed by atoms with Crippen molar-refractivity contribution in [1.29, 1.82) is 0 Å². The molecule has 18 heavy (non-hydrogen) atoms. The summed E-state index contributed by atoms with van der Waals surface area (Å²) in [5.74, 6) is 0. The van der Waals surface area contributed by atoms with Gasteiger partial charge in [-0.3, -0.25) is 0 Å². The maximum atomic E-state index is 7.00. The molecule has 0 bridgehead atoms. The molecule has 1 aromatic carbocycles. The van der Waals surface area contributed by atoms with E-state index < -0.39 is 0 Å². The van der Waals surface area contributed by atoms with Gasteiger partial charge < -0.3 is 22.5 Å². The van der Waals surface area contributed by atoms with Gasteiger partial charge in [-0.1, -0.05) is 37.3 Å². The largest absolute Gasteiger partial charge is 0.400 e. The third kappa shape index (κ3) is 10.5. The monoisotopic (exact) mass is 286 g/mol. The maximum Gasteiger partial charge on any atom is 0.0413 e. The topological polar surface area (TPSA) is 52.5 Å². The summed E-state index contributed by atoms with van der Waals surface area (Å²) in [5.41, 5.74) is 2.32. The van der Waals surface area contributed by atoms with Gasteiger partial charge in [0.15, 0.2) is 0 Å². The number of para-hydroxylation sites is 1. The summed E-state index contributed by atoms with van der Waals surface area (Å²) in [7, 11) is 2.00. The van der Waals surface area contributed by atoms with Crippen molar-refractivity contribution in [3.05, 3.63) is 43.3 Å². The first kappa shape index (κ1) is 22.6. The standard InChI is InChI=1S/C12H16N.2CH4O.Ti/c1-3-5-10-13-12-9-7-6-8-11(12)4-2;2*1-2;/h4,6-9,13H,1-3,5,10H2;2*2H,1H3;/q-1;;;. The first-order valence-corrected chi connectivity index (χ1v) is 5.52. The van der Waals surface area contributed by atoms with Gasteiger partial charge in [-0.05, 0) is 11.6 Å². The van der Waals surface area contributed by atoms with Crippen LogP contribution in [0.1, 0.15) is 18.4 Å². The Balaban J connectivity index is -0.000000409. The van der Waals surface area contributed by atoms with Crippen LogP contribution in [-0.4, -0.2) is 31.0 Å². The normalized spacial score (nSPS) is 7.61. The van der Waals surface area contributed by atoms with E-state index in [-0.39, 0.29) is 21.7 Å². The van der Waals surface area contributed by atoms with Crippen molar-refractivity contribution in [2.24, 2.45) is 0 Å². The van der Waals surface area contributed by atoms with Crippen molar-refractivity contribution in [1.82, 2.24) is 0 Å². The van der Waals surface area contributed by atoms with Crippen LogP contribution in [0.2, 0.25) is 0 Å². The van der Waals surface area contributed by atoms with Crippen LogP contribution in [0.4, 0.5) is 5.69 Å². The summed E-state index contributed by atoms with van der Waals surface area (Å²) < 4.78 is 0. The molecule has 0 aliphatic carbocycles. The molecule has 0 aromatic heterocycles. The Morgan fingerprint density at radius 3 is 2.28 bits per heavy atom. The Hall–Kier alpha value is -0.606. The number of rotatable bonds is 5. The minimum absolute atomic E-state index is 0. The van der Waals surface area contributed by atoms with Crippen LogP contribution in [0.15, 0.2) is 30.8 Å². The molecule has 0 heterocycles. The maximum absolute atomic E-state index is 7.00. The molecular formula is C14H24NO2Ti-. The van der Waals surface area contributed by atoms with Gasteiger partial charge in [0, 0.05) is 48.2 Å². The molecule has 1 aromatic rings. The number of hydrogen-bond donors (Lipinski definition) is 3. The third-order valence-corrected chi connectivity index (χ3v) is 1.92. The van der Waals surface area contributed by atoms with E-state index in [1.165, 1.54) is 0 Å². The Kier molecular flexibility index (Phi) is 23.5. The molecule has 1 rings (SSSR count). The summed E-state index contributed by atoms with van der Waals surface area (Å²) in [6.45, 7) is 8.55. The number of aliphatic hydroxyl groups excluding tert-OH is 2. The molecule has 0 radical (unpaired) electrons. The van der Waals surface area contributed by atoms with Gasteiger partial charge in [-0.15, -0.1) is 0 Å². The number of nitrogens with one attached hydrogen (secondary N) is 1. The fourth-order valence-corrected chi connectivity index (χ4v) is 1.18. The zero-order valence-corrected chi connectivity index (χ0v) is 12.9. The van der Waals surface area contributed by atoms with Crippen molar-refractivity contribution in [3.8, 4) is 0 Å². The minimum atomic E-state index is 0. The van der Waals surface area contributed by atoms with Crippen LogP contribution in [0.5, 0.6) is 0 Å². The molecule has 0 atom stereocenters. The summed E-state index contributed by atoms with van der Waals surface area (Å²) in [5, 5.41) is 17.4. The molecule has 3 N–H and O–H groups in total. The SMILES string of the molecule is C=Cc1ccccc1NCCC[CH2-].CO.CO.[Ti]. The average molecular weight is 286 g/mol. The molecule has 102 valence electrons. The van der Waals surface area contributed by atoms with Crippen LogP contribution in [0.25, 0.3) is 6.08 Å². The predicted octanol–water partition coefficient (Wildman–Crippen LogP) is 2.57. The van der Waals surface area contributed by atoms with Crippen LogP contribution in [-0.2, 0) is 21.7 Å². The van der Waals surface area contributed by atoms with E-state index in [1.54, 1.807) is 0 Å². The summed E-state index contributed by atoms with van der Waals surface area (Å²) >= 11 is 0. The molecule has 4 heteroatoms. The quantitative estimate of drug-likeness (QED) is 0.443. The molecule has 0 spiro atoms. The molecule has 0 aliphatic rings. The van der Waals surface area contributed by atoms with Crippen molar-refractivity contribution >= 4 is 11.8 Å². The molecule has 0 fully saturated rings. The zero-order chi connectivity index (χ0) is 13.5. The third-order valence-electron chi connectivity index (χ3n) is 1.92. The van der Waals surface area contributed by atoms with Crippen molar-refractivity contribution in [2.45, 2.75) is 12.8 Å². The summed E-state index contributed by atoms with van der Waals surface area (Å²) in [6, 6.07) is 8.17. The molecule has 0 amide bonds. The van der Waals surface area contributed by atoms with E-state index in [9.17, 15) is 0 Å². The van der Waals surface area contributed by atoms with E-state index in [0.717, 1.165) is 44.9 Å². The van der Waals surface area contributed by atoms with E-state index >= 15 is 0 Å². The van der Waals surface area contributed by atoms with E-state index in [1.807, 2.05) is 18.2 Å². The predicted molar refractivity (Wildman–Crippen MR) is 75.9 cm³/mol. The van der Waals surface area contributed by atoms with Crippen LogP contribution < -0.4 is 5.32 Å². The van der Waals surface area contributed by atoms with Gasteiger partial charge in [0.1, 0.15) is 0 Å². The van der Waals surface area contributed by atoms with E-state index in [4.69, 9.17) is 10.2 Å². The smallest absolute Gasteiger partial charge is 0.0413 e. The molecule has 0 saturated heterocycles. The number of hydrogen-bond acceptors (Lipinski definition) is 3. The Bertz CT molecular complexity index is 280. The first-order valence-electron chi connectivity index (χ1n) is 5.52. The minimum Gasteiger partial charge on any atom is -0.400 e. The van der Waals surface area contributed by atoms with E-state index in [2.05, 4.69) is 31.0 Å². The number of aliphatic hydroxyl groups is 2. The van der Waals surface area contributed by atoms with Crippen LogP contribution in [0, 0.1) is 6.92 Å². The van der Waals surface area contributed by atoms with Gasteiger partial charge in [0.25, 0.3) is 0 Å². The molecule has 3 nitrogen and oxygen atoms in total. The van der Waals surface area contributed by atoms with Gasteiger partial charge in [0.05, 0.1) is 0 Å². The number of anilines is 1. The summed E-state index contributed by atoms with van der Waals surface area (Å²) in [4.78, 5) is 0. The second kappa shape index (κ2) is 18.8. The van der Waals surface area contributed by atoms with Crippen molar-refractivity contribution in [3.63, 3.8) is 0 Å². The zero-order valence-electron chi connectivity index (χ0n) is 11.3. The van der Waals surface area contributed by atoms with E-state index in [0.29, 0.717) is 0 Å². The fourth-order valence-electron chi connectivity index (χ4n) is 1.18. The van der Waals surface area contributed by atoms with Crippen molar-refractivity contribution in [2.75, 3.05) is 26.1 Å². The second-order valence-electron chi connectivity index (χ2n) is 2.93. The van der Waals surface area contributed by atoms with Crippen LogP contribution in [0.3, 0.4) is 0 Å². The Labute approximate surface area is 126 Å². The Morgan fingerprint density at radius 1 is 1.22 bits per heavy atom. The summed E-state index contributed by atoms with van der Waals surface area (Å²) in [6.07, 6.45) is 3.95. The average Bonchev–Trinajstić information content (AvgIpc) is 2.44. The second-order valence-corrected chi connectivity index (χ2v) is 2.93. The molecule has 0 saturated carbocycles. The van der Waals surface area contributed by atoms with Crippen LogP contribution >= 0.6 is 0 Å². The van der Waals surface area contributed by atoms with Gasteiger partial charge in [-0.25, -0.2) is 0 Å².